The molecule has 0 radical (unpaired) electrons. The average Bonchev–Trinajstić information content (AvgIpc) is 2.72. The summed E-state index contributed by atoms with van der Waals surface area (Å²) in [6.07, 6.45) is 4.39. The second-order valence-electron chi connectivity index (χ2n) is 5.38. The summed E-state index contributed by atoms with van der Waals surface area (Å²) in [7, 11) is 0. The maximum Gasteiger partial charge on any atom is 0.178 e. The van der Waals surface area contributed by atoms with Crippen LogP contribution >= 0.6 is 23.2 Å². The number of nitrogens with zero attached hydrogens (tertiary/aromatic N) is 1. The van der Waals surface area contributed by atoms with Crippen molar-refractivity contribution in [3.05, 3.63) is 33.8 Å². The first kappa shape index (κ1) is 14.5. The molecule has 1 aromatic rings. The van der Waals surface area contributed by atoms with Crippen molar-refractivity contribution in [2.24, 2.45) is 4.99 Å². The van der Waals surface area contributed by atoms with E-state index in [0.29, 0.717) is 21.3 Å². The Morgan fingerprint density at radius 3 is 2.16 bits per heavy atom. The van der Waals surface area contributed by atoms with E-state index >= 15 is 0 Å². The quantitative estimate of drug-likeness (QED) is 0.743. The molecule has 1 saturated carbocycles. The average molecular weight is 298 g/mol. The standard InChI is InChI=1S/C15H17Cl2NO/c1-10(19)14(18-15(2)5-3-4-6-15)11-7-12(16)9-13(17)8-11/h7-9H,3-6H2,1-2H3. The van der Waals surface area contributed by atoms with E-state index < -0.39 is 0 Å². The Kier molecular flexibility index (Phi) is 4.32. The fraction of sp³-hybridized carbons (Fsp3) is 0.467. The zero-order chi connectivity index (χ0) is 14.0. The molecule has 0 aliphatic heterocycles. The molecule has 2 nitrogen and oxygen atoms in total. The summed E-state index contributed by atoms with van der Waals surface area (Å²) in [6.45, 7) is 3.64. The second-order valence-corrected chi connectivity index (χ2v) is 6.25. The van der Waals surface area contributed by atoms with Crippen molar-refractivity contribution in [1.29, 1.82) is 0 Å². The minimum Gasteiger partial charge on any atom is -0.293 e. The van der Waals surface area contributed by atoms with E-state index in [1.165, 1.54) is 19.8 Å². The molecule has 2 rings (SSSR count). The lowest BCUT2D eigenvalue weighted by Gasteiger charge is -2.20. The molecule has 1 aromatic carbocycles. The highest BCUT2D eigenvalue weighted by Gasteiger charge is 2.29. The van der Waals surface area contributed by atoms with Gasteiger partial charge in [0.1, 0.15) is 5.71 Å². The molecule has 1 aliphatic rings. The number of hydrogen-bond donors (Lipinski definition) is 0. The van der Waals surface area contributed by atoms with Crippen LogP contribution in [0.25, 0.3) is 0 Å². The molecule has 19 heavy (non-hydrogen) atoms. The molecule has 0 saturated heterocycles. The number of aliphatic imine (C=N–C) groups is 1. The number of carbonyl (C=O) groups is 1. The Hall–Kier alpha value is -0.860. The zero-order valence-electron chi connectivity index (χ0n) is 11.2. The highest BCUT2D eigenvalue weighted by atomic mass is 35.5. The Morgan fingerprint density at radius 2 is 1.68 bits per heavy atom. The summed E-state index contributed by atoms with van der Waals surface area (Å²) < 4.78 is 0. The number of ketones is 1. The van der Waals surface area contributed by atoms with Gasteiger partial charge in [-0.25, -0.2) is 0 Å². The predicted octanol–water partition coefficient (Wildman–Crippen LogP) is 4.70. The SMILES string of the molecule is CC(=O)C(=NC1(C)CCCC1)c1cc(Cl)cc(Cl)c1. The summed E-state index contributed by atoms with van der Waals surface area (Å²) in [6, 6.07) is 5.14. The van der Waals surface area contributed by atoms with E-state index in [2.05, 4.69) is 6.92 Å². The number of hydrogen-bond acceptors (Lipinski definition) is 2. The Balaban J connectivity index is 2.45. The van der Waals surface area contributed by atoms with E-state index in [1.54, 1.807) is 18.2 Å². The van der Waals surface area contributed by atoms with Gasteiger partial charge in [0, 0.05) is 22.5 Å². The Morgan fingerprint density at radius 1 is 1.16 bits per heavy atom. The molecule has 4 heteroatoms. The predicted molar refractivity (Wildman–Crippen MR) is 80.6 cm³/mol. The summed E-state index contributed by atoms with van der Waals surface area (Å²) in [5, 5.41) is 1.04. The fourth-order valence-corrected chi connectivity index (χ4v) is 3.08. The van der Waals surface area contributed by atoms with Gasteiger partial charge in [-0.2, -0.15) is 0 Å². The number of carbonyl (C=O) groups excluding carboxylic acids is 1. The minimum atomic E-state index is -0.129. The first-order valence-corrected chi connectivity index (χ1v) is 7.22. The van der Waals surface area contributed by atoms with Crippen LogP contribution in [0.4, 0.5) is 0 Å². The third-order valence-electron chi connectivity index (χ3n) is 3.53. The van der Waals surface area contributed by atoms with E-state index in [0.717, 1.165) is 12.8 Å². The fourth-order valence-electron chi connectivity index (χ4n) is 2.56. The van der Waals surface area contributed by atoms with Crippen LogP contribution in [0.1, 0.15) is 45.1 Å². The molecular formula is C15H17Cl2NO. The van der Waals surface area contributed by atoms with Gasteiger partial charge in [-0.15, -0.1) is 0 Å². The monoisotopic (exact) mass is 297 g/mol. The van der Waals surface area contributed by atoms with Gasteiger partial charge in [0.05, 0.1) is 5.54 Å². The lowest BCUT2D eigenvalue weighted by molar-refractivity contribution is -0.111. The molecule has 1 fully saturated rings. The van der Waals surface area contributed by atoms with Crippen molar-refractivity contribution in [2.75, 3.05) is 0 Å². The van der Waals surface area contributed by atoms with Gasteiger partial charge in [0.2, 0.25) is 0 Å². The van der Waals surface area contributed by atoms with Gasteiger partial charge in [-0.3, -0.25) is 9.79 Å². The lowest BCUT2D eigenvalue weighted by Crippen LogP contribution is -2.23. The van der Waals surface area contributed by atoms with Crippen LogP contribution in [0, 0.1) is 0 Å². The smallest absolute Gasteiger partial charge is 0.178 e. The van der Waals surface area contributed by atoms with Crippen LogP contribution in [0.15, 0.2) is 23.2 Å². The third kappa shape index (κ3) is 3.58. The van der Waals surface area contributed by atoms with Crippen LogP contribution in [-0.4, -0.2) is 17.0 Å². The summed E-state index contributed by atoms with van der Waals surface area (Å²) in [4.78, 5) is 16.6. The van der Waals surface area contributed by atoms with Gasteiger partial charge >= 0.3 is 0 Å². The van der Waals surface area contributed by atoms with Crippen molar-refractivity contribution in [3.8, 4) is 0 Å². The molecule has 102 valence electrons. The first-order valence-electron chi connectivity index (χ1n) is 6.47. The maximum absolute atomic E-state index is 11.9. The third-order valence-corrected chi connectivity index (χ3v) is 3.97. The van der Waals surface area contributed by atoms with E-state index in [4.69, 9.17) is 28.2 Å². The molecule has 0 heterocycles. The summed E-state index contributed by atoms with van der Waals surface area (Å²) >= 11 is 12.0. The van der Waals surface area contributed by atoms with E-state index in [1.807, 2.05) is 0 Å². The van der Waals surface area contributed by atoms with Gasteiger partial charge < -0.3 is 0 Å². The van der Waals surface area contributed by atoms with Crippen LogP contribution in [0.5, 0.6) is 0 Å². The number of Topliss-reactive ketones (excluding diaryl/α,β-unsaturated/α-hetero) is 1. The summed E-state index contributed by atoms with van der Waals surface area (Å²) in [5.74, 6) is -0.0496. The summed E-state index contributed by atoms with van der Waals surface area (Å²) in [5.41, 5.74) is 1.06. The molecule has 0 bridgehead atoms. The van der Waals surface area contributed by atoms with E-state index in [9.17, 15) is 4.79 Å². The minimum absolute atomic E-state index is 0.0496. The largest absolute Gasteiger partial charge is 0.293 e. The van der Waals surface area contributed by atoms with Crippen molar-refractivity contribution in [3.63, 3.8) is 0 Å². The Bertz CT molecular complexity index is 511. The van der Waals surface area contributed by atoms with Crippen molar-refractivity contribution in [2.45, 2.75) is 45.1 Å². The van der Waals surface area contributed by atoms with Gasteiger partial charge in [0.15, 0.2) is 5.78 Å². The van der Waals surface area contributed by atoms with Crippen molar-refractivity contribution in [1.82, 2.24) is 0 Å². The van der Waals surface area contributed by atoms with Crippen LogP contribution in [0.2, 0.25) is 10.0 Å². The molecule has 0 spiro atoms. The van der Waals surface area contributed by atoms with E-state index in [-0.39, 0.29) is 11.3 Å². The second kappa shape index (κ2) is 5.64. The molecule has 0 N–H and O–H groups in total. The molecule has 0 unspecified atom stereocenters. The molecule has 0 atom stereocenters. The van der Waals surface area contributed by atoms with Gasteiger partial charge in [-0.05, 0) is 38.0 Å². The normalized spacial score (nSPS) is 18.6. The molecule has 0 aromatic heterocycles. The Labute approximate surface area is 123 Å². The van der Waals surface area contributed by atoms with Crippen LogP contribution in [-0.2, 0) is 4.79 Å². The number of halogens is 2. The first-order chi connectivity index (χ1) is 8.89. The topological polar surface area (TPSA) is 29.4 Å². The number of rotatable bonds is 3. The van der Waals surface area contributed by atoms with Gasteiger partial charge in [0.25, 0.3) is 0 Å². The number of benzene rings is 1. The van der Waals surface area contributed by atoms with Gasteiger partial charge in [-0.1, -0.05) is 36.0 Å². The lowest BCUT2D eigenvalue weighted by atomic mass is 9.99. The van der Waals surface area contributed by atoms with Crippen molar-refractivity contribution < 1.29 is 4.79 Å². The van der Waals surface area contributed by atoms with Crippen molar-refractivity contribution >= 4 is 34.7 Å². The van der Waals surface area contributed by atoms with Crippen LogP contribution < -0.4 is 0 Å². The van der Waals surface area contributed by atoms with Crippen LogP contribution in [0.3, 0.4) is 0 Å². The highest BCUT2D eigenvalue weighted by Crippen LogP contribution is 2.33. The highest BCUT2D eigenvalue weighted by molar-refractivity contribution is 6.46. The molecule has 1 aliphatic carbocycles. The maximum atomic E-state index is 11.9. The molecular weight excluding hydrogens is 281 g/mol. The molecule has 0 amide bonds. The zero-order valence-corrected chi connectivity index (χ0v) is 12.7.